The molecule has 0 atom stereocenters. The minimum atomic E-state index is -0.784. The summed E-state index contributed by atoms with van der Waals surface area (Å²) < 4.78 is 15.6. The first-order valence-electron chi connectivity index (χ1n) is 8.80. The van der Waals surface area contributed by atoms with Crippen molar-refractivity contribution in [2.75, 3.05) is 25.2 Å². The first-order valence-corrected chi connectivity index (χ1v) is 8.80. The molecule has 0 spiro atoms. The van der Waals surface area contributed by atoms with Gasteiger partial charge in [0.1, 0.15) is 18.8 Å². The zero-order valence-electron chi connectivity index (χ0n) is 16.2. The van der Waals surface area contributed by atoms with Gasteiger partial charge in [-0.05, 0) is 31.2 Å². The normalized spacial score (nSPS) is 14.3. The third kappa shape index (κ3) is 5.09. The summed E-state index contributed by atoms with van der Waals surface area (Å²) >= 11 is 0. The monoisotopic (exact) mass is 385 g/mol. The third-order valence-electron chi connectivity index (χ3n) is 3.90. The van der Waals surface area contributed by atoms with Crippen molar-refractivity contribution < 1.29 is 28.6 Å². The number of hydrogen-bond donors (Lipinski definition) is 0. The minimum Gasteiger partial charge on any atom is -0.459 e. The molecule has 2 rings (SSSR count). The fraction of sp³-hybridized carbons (Fsp3) is 0.286. The highest BCUT2D eigenvalue weighted by Crippen LogP contribution is 2.37. The Morgan fingerprint density at radius 1 is 1.14 bits per heavy atom. The van der Waals surface area contributed by atoms with Crippen LogP contribution in [0, 0.1) is 0 Å². The summed E-state index contributed by atoms with van der Waals surface area (Å²) in [4.78, 5) is 37.5. The molecule has 7 nitrogen and oxygen atoms in total. The standard InChI is InChI=1S/C21H23NO6/c1-5-17(23)15(21(25)27-13-12-26-20(24)14(2)3)10-11-19-22(4)16-8-6-7-9-18(16)28-19/h6-11H,2,5,12-13H2,1,3-4H3/b15-10+,19-11-. The number of rotatable bonds is 8. The smallest absolute Gasteiger partial charge is 0.341 e. The predicted octanol–water partition coefficient (Wildman–Crippen LogP) is 2.92. The maximum absolute atomic E-state index is 12.3. The number of nitrogens with zero attached hydrogens (tertiary/aromatic N) is 1. The van der Waals surface area contributed by atoms with Gasteiger partial charge < -0.3 is 19.1 Å². The lowest BCUT2D eigenvalue weighted by Crippen LogP contribution is -2.19. The Morgan fingerprint density at radius 2 is 1.79 bits per heavy atom. The van der Waals surface area contributed by atoms with Gasteiger partial charge >= 0.3 is 11.9 Å². The number of Topliss-reactive ketones (excluding diaryl/α,β-unsaturated/α-hetero) is 1. The van der Waals surface area contributed by atoms with E-state index >= 15 is 0 Å². The van der Waals surface area contributed by atoms with E-state index in [4.69, 9.17) is 14.2 Å². The molecule has 0 amide bonds. The van der Waals surface area contributed by atoms with Crippen LogP contribution in [0.3, 0.4) is 0 Å². The predicted molar refractivity (Wildman–Crippen MR) is 104 cm³/mol. The van der Waals surface area contributed by atoms with Crippen LogP contribution in [0.2, 0.25) is 0 Å². The molecule has 1 aliphatic heterocycles. The Hall–Kier alpha value is -3.35. The van der Waals surface area contributed by atoms with Crippen LogP contribution in [0.4, 0.5) is 5.69 Å². The number of ketones is 1. The Balaban J connectivity index is 2.05. The molecule has 0 aromatic heterocycles. The average molecular weight is 385 g/mol. The first kappa shape index (κ1) is 21.0. The van der Waals surface area contributed by atoms with Gasteiger partial charge in [0.15, 0.2) is 17.4 Å². The van der Waals surface area contributed by atoms with Gasteiger partial charge in [0.05, 0.1) is 5.69 Å². The molecule has 1 aromatic carbocycles. The molecule has 0 saturated heterocycles. The number of anilines is 1. The van der Waals surface area contributed by atoms with Crippen molar-refractivity contribution in [3.05, 3.63) is 60.0 Å². The maximum atomic E-state index is 12.3. The van der Waals surface area contributed by atoms with Crippen molar-refractivity contribution in [3.63, 3.8) is 0 Å². The molecule has 1 aliphatic rings. The molecule has 0 N–H and O–H groups in total. The molecule has 0 fully saturated rings. The van der Waals surface area contributed by atoms with Crippen LogP contribution in [0.5, 0.6) is 5.75 Å². The van der Waals surface area contributed by atoms with Gasteiger partial charge in [0.25, 0.3) is 0 Å². The highest BCUT2D eigenvalue weighted by molar-refractivity contribution is 6.17. The Bertz CT molecular complexity index is 852. The number of carbonyl (C=O) groups is 3. The number of allylic oxidation sites excluding steroid dienone is 2. The average Bonchev–Trinajstić information content (AvgIpc) is 3.00. The van der Waals surface area contributed by atoms with Crippen molar-refractivity contribution >= 4 is 23.4 Å². The molecule has 1 heterocycles. The Morgan fingerprint density at radius 3 is 2.39 bits per heavy atom. The summed E-state index contributed by atoms with van der Waals surface area (Å²) in [5.41, 5.74) is 1.03. The molecule has 28 heavy (non-hydrogen) atoms. The van der Waals surface area contributed by atoms with Gasteiger partial charge in [-0.25, -0.2) is 9.59 Å². The fourth-order valence-corrected chi connectivity index (χ4v) is 2.36. The largest absolute Gasteiger partial charge is 0.459 e. The van der Waals surface area contributed by atoms with Crippen LogP contribution in [0.1, 0.15) is 20.3 Å². The van der Waals surface area contributed by atoms with Crippen molar-refractivity contribution in [2.24, 2.45) is 0 Å². The molecule has 7 heteroatoms. The molecule has 0 aliphatic carbocycles. The van der Waals surface area contributed by atoms with E-state index in [0.29, 0.717) is 11.6 Å². The summed E-state index contributed by atoms with van der Waals surface area (Å²) in [6.45, 7) is 6.35. The molecule has 0 bridgehead atoms. The summed E-state index contributed by atoms with van der Waals surface area (Å²) in [7, 11) is 1.82. The molecule has 0 radical (unpaired) electrons. The highest BCUT2D eigenvalue weighted by Gasteiger charge is 2.23. The van der Waals surface area contributed by atoms with Crippen LogP contribution < -0.4 is 9.64 Å². The van der Waals surface area contributed by atoms with Crippen LogP contribution in [0.15, 0.2) is 60.0 Å². The lowest BCUT2D eigenvalue weighted by molar-refractivity contribution is -0.148. The topological polar surface area (TPSA) is 82.1 Å². The van der Waals surface area contributed by atoms with Crippen molar-refractivity contribution in [1.29, 1.82) is 0 Å². The van der Waals surface area contributed by atoms with Gasteiger partial charge in [0, 0.05) is 19.0 Å². The second-order valence-electron chi connectivity index (χ2n) is 6.04. The molecular formula is C21H23NO6. The Kier molecular flexibility index (Phi) is 7.14. The quantitative estimate of drug-likeness (QED) is 0.224. The van der Waals surface area contributed by atoms with Crippen molar-refractivity contribution in [1.82, 2.24) is 0 Å². The van der Waals surface area contributed by atoms with Crippen LogP contribution in [0.25, 0.3) is 0 Å². The van der Waals surface area contributed by atoms with E-state index < -0.39 is 11.9 Å². The molecular weight excluding hydrogens is 362 g/mol. The van der Waals surface area contributed by atoms with Gasteiger partial charge in [-0.1, -0.05) is 25.6 Å². The summed E-state index contributed by atoms with van der Waals surface area (Å²) in [6.07, 6.45) is 3.07. The number of hydrogen-bond acceptors (Lipinski definition) is 7. The van der Waals surface area contributed by atoms with E-state index in [1.54, 1.807) is 13.0 Å². The lowest BCUT2D eigenvalue weighted by atomic mass is 10.1. The highest BCUT2D eigenvalue weighted by atomic mass is 16.6. The van der Waals surface area contributed by atoms with Crippen molar-refractivity contribution in [3.8, 4) is 5.75 Å². The SMILES string of the molecule is C=C(C)C(=O)OCCOC(=O)/C(=C/C=C1\Oc2ccccc2N1C)C(=O)CC. The summed E-state index contributed by atoms with van der Waals surface area (Å²) in [5, 5.41) is 0. The molecule has 148 valence electrons. The molecule has 1 aromatic rings. The summed E-state index contributed by atoms with van der Waals surface area (Å²) in [6, 6.07) is 7.48. The van der Waals surface area contributed by atoms with Crippen LogP contribution >= 0.6 is 0 Å². The summed E-state index contributed by atoms with van der Waals surface area (Å²) in [5.74, 6) is -0.546. The van der Waals surface area contributed by atoms with Gasteiger partial charge in [-0.3, -0.25) is 4.79 Å². The van der Waals surface area contributed by atoms with Crippen LogP contribution in [-0.4, -0.2) is 38.0 Å². The van der Waals surface area contributed by atoms with Crippen LogP contribution in [-0.2, 0) is 23.9 Å². The van der Waals surface area contributed by atoms with E-state index in [1.165, 1.54) is 13.0 Å². The van der Waals surface area contributed by atoms with E-state index in [0.717, 1.165) is 5.69 Å². The van der Waals surface area contributed by atoms with Gasteiger partial charge in [-0.15, -0.1) is 0 Å². The van der Waals surface area contributed by atoms with E-state index in [1.807, 2.05) is 36.2 Å². The van der Waals surface area contributed by atoms with Gasteiger partial charge in [0.2, 0.25) is 0 Å². The number of fused-ring (bicyclic) bond motifs is 1. The second kappa shape index (κ2) is 9.55. The zero-order chi connectivity index (χ0) is 20.7. The first-order chi connectivity index (χ1) is 13.3. The third-order valence-corrected chi connectivity index (χ3v) is 3.90. The van der Waals surface area contributed by atoms with Gasteiger partial charge in [-0.2, -0.15) is 0 Å². The lowest BCUT2D eigenvalue weighted by Gasteiger charge is -2.10. The Labute approximate surface area is 163 Å². The molecule has 0 saturated carbocycles. The second-order valence-corrected chi connectivity index (χ2v) is 6.04. The van der Waals surface area contributed by atoms with E-state index in [2.05, 4.69) is 6.58 Å². The number of ether oxygens (including phenoxy) is 3. The maximum Gasteiger partial charge on any atom is 0.341 e. The number of esters is 2. The van der Waals surface area contributed by atoms with E-state index in [-0.39, 0.29) is 36.6 Å². The zero-order valence-corrected chi connectivity index (χ0v) is 16.2. The number of carbonyl (C=O) groups excluding carboxylic acids is 3. The number of para-hydroxylation sites is 2. The number of benzene rings is 1. The minimum absolute atomic E-state index is 0.103. The van der Waals surface area contributed by atoms with Crippen molar-refractivity contribution in [2.45, 2.75) is 20.3 Å². The molecule has 0 unspecified atom stereocenters. The van der Waals surface area contributed by atoms with E-state index in [9.17, 15) is 14.4 Å². The fourth-order valence-electron chi connectivity index (χ4n) is 2.36.